The fourth-order valence-corrected chi connectivity index (χ4v) is 3.78. The Labute approximate surface area is 135 Å². The Morgan fingerprint density at radius 1 is 1.18 bits per heavy atom. The lowest BCUT2D eigenvalue weighted by Crippen LogP contribution is -2.47. The van der Waals surface area contributed by atoms with Crippen LogP contribution in [0.3, 0.4) is 0 Å². The van der Waals surface area contributed by atoms with Crippen molar-refractivity contribution in [2.45, 2.75) is 44.9 Å². The summed E-state index contributed by atoms with van der Waals surface area (Å²) >= 11 is 0. The first-order chi connectivity index (χ1) is 10.4. The maximum Gasteiger partial charge on any atom is 0.230 e. The molecule has 0 unspecified atom stereocenters. The largest absolute Gasteiger partial charge is 0.355 e. The van der Waals surface area contributed by atoms with Crippen molar-refractivity contribution in [3.05, 3.63) is 35.9 Å². The summed E-state index contributed by atoms with van der Waals surface area (Å²) in [6, 6.07) is 10.3. The molecule has 3 nitrogen and oxygen atoms in total. The van der Waals surface area contributed by atoms with Crippen LogP contribution in [0.25, 0.3) is 0 Å². The number of nitrogens with zero attached hydrogens (tertiary/aromatic N) is 1. The van der Waals surface area contributed by atoms with Crippen LogP contribution in [0.4, 0.5) is 0 Å². The first-order valence-electron chi connectivity index (χ1n) is 8.34. The molecule has 0 heterocycles. The quantitative estimate of drug-likeness (QED) is 0.875. The summed E-state index contributed by atoms with van der Waals surface area (Å²) in [4.78, 5) is 15.2. The van der Waals surface area contributed by atoms with E-state index in [9.17, 15) is 4.79 Å². The van der Waals surface area contributed by atoms with Gasteiger partial charge in [-0.1, -0.05) is 57.0 Å². The molecular formula is C19H30N2O. The number of benzene rings is 1. The molecule has 0 radical (unpaired) electrons. The minimum atomic E-state index is -0.310. The molecule has 1 saturated carbocycles. The van der Waals surface area contributed by atoms with Crippen molar-refractivity contribution < 1.29 is 4.79 Å². The molecule has 2 rings (SSSR count). The average molecular weight is 302 g/mol. The van der Waals surface area contributed by atoms with Crippen molar-refractivity contribution in [2.75, 3.05) is 27.2 Å². The molecule has 0 aliphatic heterocycles. The highest BCUT2D eigenvalue weighted by atomic mass is 16.2. The minimum Gasteiger partial charge on any atom is -0.355 e. The topological polar surface area (TPSA) is 32.3 Å². The van der Waals surface area contributed by atoms with Gasteiger partial charge in [0.05, 0.1) is 5.41 Å². The summed E-state index contributed by atoms with van der Waals surface area (Å²) in [5, 5.41) is 3.24. The Balaban J connectivity index is 2.09. The molecule has 1 N–H and O–H groups in total. The van der Waals surface area contributed by atoms with Crippen LogP contribution >= 0.6 is 0 Å². The third-order valence-electron chi connectivity index (χ3n) is 4.69. The number of carbonyl (C=O) groups is 1. The molecule has 0 spiro atoms. The van der Waals surface area contributed by atoms with E-state index in [1.54, 1.807) is 0 Å². The molecule has 1 aliphatic carbocycles. The SMILES string of the molecule is CN(C)CC(C)(C)CNC(=O)C1(c2ccccc2)CCCC1. The van der Waals surface area contributed by atoms with Crippen molar-refractivity contribution in [2.24, 2.45) is 5.41 Å². The van der Waals surface area contributed by atoms with E-state index >= 15 is 0 Å². The summed E-state index contributed by atoms with van der Waals surface area (Å²) in [6.07, 6.45) is 4.22. The van der Waals surface area contributed by atoms with E-state index in [2.05, 4.69) is 50.3 Å². The second-order valence-corrected chi connectivity index (χ2v) is 7.74. The second kappa shape index (κ2) is 6.82. The standard InChI is InChI=1S/C19H30N2O/c1-18(2,15-21(3)4)14-20-17(22)19(12-8-9-13-19)16-10-6-5-7-11-16/h5-7,10-11H,8-9,12-15H2,1-4H3,(H,20,22). The van der Waals surface area contributed by atoms with E-state index in [4.69, 9.17) is 0 Å². The average Bonchev–Trinajstić information content (AvgIpc) is 2.95. The van der Waals surface area contributed by atoms with Crippen molar-refractivity contribution in [3.63, 3.8) is 0 Å². The number of carbonyl (C=O) groups excluding carboxylic acids is 1. The van der Waals surface area contributed by atoms with Gasteiger partial charge in [0.15, 0.2) is 0 Å². The van der Waals surface area contributed by atoms with E-state index in [1.165, 1.54) is 5.56 Å². The van der Waals surface area contributed by atoms with Crippen LogP contribution in [-0.2, 0) is 10.2 Å². The maximum atomic E-state index is 13.0. The first kappa shape index (κ1) is 17.0. The third kappa shape index (κ3) is 3.89. The summed E-state index contributed by atoms with van der Waals surface area (Å²) in [7, 11) is 4.15. The lowest BCUT2D eigenvalue weighted by atomic mass is 9.77. The van der Waals surface area contributed by atoms with Gasteiger partial charge in [-0.3, -0.25) is 4.79 Å². The van der Waals surface area contributed by atoms with Gasteiger partial charge in [-0.2, -0.15) is 0 Å². The van der Waals surface area contributed by atoms with E-state index in [0.29, 0.717) is 0 Å². The fraction of sp³-hybridized carbons (Fsp3) is 0.632. The molecule has 122 valence electrons. The first-order valence-corrected chi connectivity index (χ1v) is 8.34. The van der Waals surface area contributed by atoms with Gasteiger partial charge in [0.1, 0.15) is 0 Å². The molecule has 0 bridgehead atoms. The van der Waals surface area contributed by atoms with Crippen molar-refractivity contribution in [1.29, 1.82) is 0 Å². The zero-order valence-electron chi connectivity index (χ0n) is 14.5. The Morgan fingerprint density at radius 2 is 1.77 bits per heavy atom. The van der Waals surface area contributed by atoms with Crippen molar-refractivity contribution >= 4 is 5.91 Å². The van der Waals surface area contributed by atoms with Crippen LogP contribution in [0.15, 0.2) is 30.3 Å². The minimum absolute atomic E-state index is 0.0790. The van der Waals surface area contributed by atoms with E-state index < -0.39 is 0 Å². The van der Waals surface area contributed by atoms with Crippen molar-refractivity contribution in [1.82, 2.24) is 10.2 Å². The number of amides is 1. The molecular weight excluding hydrogens is 272 g/mol. The normalized spacial score (nSPS) is 17.7. The van der Waals surface area contributed by atoms with Crippen molar-refractivity contribution in [3.8, 4) is 0 Å². The van der Waals surface area contributed by atoms with Gasteiger partial charge in [0, 0.05) is 13.1 Å². The number of hydrogen-bond acceptors (Lipinski definition) is 2. The molecule has 3 heteroatoms. The number of hydrogen-bond donors (Lipinski definition) is 1. The summed E-state index contributed by atoms with van der Waals surface area (Å²) in [5.41, 5.74) is 0.945. The zero-order valence-corrected chi connectivity index (χ0v) is 14.5. The van der Waals surface area contributed by atoms with Crippen LogP contribution in [0.1, 0.15) is 45.1 Å². The molecule has 1 fully saturated rings. The van der Waals surface area contributed by atoms with Crippen LogP contribution < -0.4 is 5.32 Å². The molecule has 1 aromatic carbocycles. The van der Waals surface area contributed by atoms with Crippen LogP contribution in [0.5, 0.6) is 0 Å². The summed E-state index contributed by atoms with van der Waals surface area (Å²) in [6.45, 7) is 6.10. The molecule has 0 aromatic heterocycles. The molecule has 1 aliphatic rings. The van der Waals surface area contributed by atoms with E-state index in [1.807, 2.05) is 18.2 Å². The smallest absolute Gasteiger partial charge is 0.230 e. The third-order valence-corrected chi connectivity index (χ3v) is 4.69. The predicted molar refractivity (Wildman–Crippen MR) is 91.9 cm³/mol. The Bertz CT molecular complexity index is 487. The van der Waals surface area contributed by atoms with E-state index in [-0.39, 0.29) is 16.7 Å². The maximum absolute atomic E-state index is 13.0. The molecule has 1 aromatic rings. The summed E-state index contributed by atoms with van der Waals surface area (Å²) < 4.78 is 0. The Hall–Kier alpha value is -1.35. The Kier molecular flexibility index (Phi) is 5.28. The van der Waals surface area contributed by atoms with Gasteiger partial charge in [-0.15, -0.1) is 0 Å². The predicted octanol–water partition coefficient (Wildman–Crippen LogP) is 3.20. The van der Waals surface area contributed by atoms with Gasteiger partial charge >= 0.3 is 0 Å². The fourth-order valence-electron chi connectivity index (χ4n) is 3.78. The number of rotatable bonds is 6. The second-order valence-electron chi connectivity index (χ2n) is 7.74. The molecule has 1 amide bonds. The molecule has 0 saturated heterocycles. The monoisotopic (exact) mass is 302 g/mol. The zero-order chi connectivity index (χ0) is 16.2. The van der Waals surface area contributed by atoms with Gasteiger partial charge in [-0.05, 0) is 37.9 Å². The lowest BCUT2D eigenvalue weighted by Gasteiger charge is -2.33. The Morgan fingerprint density at radius 3 is 2.32 bits per heavy atom. The van der Waals surface area contributed by atoms with E-state index in [0.717, 1.165) is 38.8 Å². The van der Waals surface area contributed by atoms with Gasteiger partial charge in [0.25, 0.3) is 0 Å². The highest BCUT2D eigenvalue weighted by Gasteiger charge is 2.42. The highest BCUT2D eigenvalue weighted by Crippen LogP contribution is 2.41. The molecule has 22 heavy (non-hydrogen) atoms. The summed E-state index contributed by atoms with van der Waals surface area (Å²) in [5.74, 6) is 0.211. The lowest BCUT2D eigenvalue weighted by molar-refractivity contribution is -0.127. The van der Waals surface area contributed by atoms with Crippen LogP contribution in [0.2, 0.25) is 0 Å². The van der Waals surface area contributed by atoms with Crippen LogP contribution in [0, 0.1) is 5.41 Å². The highest BCUT2D eigenvalue weighted by molar-refractivity contribution is 5.88. The van der Waals surface area contributed by atoms with Gasteiger partial charge < -0.3 is 10.2 Å². The van der Waals surface area contributed by atoms with Gasteiger partial charge in [0.2, 0.25) is 5.91 Å². The van der Waals surface area contributed by atoms with Crippen LogP contribution in [-0.4, -0.2) is 38.0 Å². The number of nitrogens with one attached hydrogen (secondary N) is 1. The van der Waals surface area contributed by atoms with Gasteiger partial charge in [-0.25, -0.2) is 0 Å². The molecule has 0 atom stereocenters.